The summed E-state index contributed by atoms with van der Waals surface area (Å²) in [5.74, 6) is -0.219. The summed E-state index contributed by atoms with van der Waals surface area (Å²) in [6.45, 7) is 3.03. The molecule has 9 heteroatoms. The van der Waals surface area contributed by atoms with Crippen LogP contribution in [0.25, 0.3) is 0 Å². The highest BCUT2D eigenvalue weighted by Gasteiger charge is 2.26. The number of carbonyl (C=O) groups excluding carboxylic acids is 1. The van der Waals surface area contributed by atoms with Gasteiger partial charge in [-0.2, -0.15) is 4.31 Å². The fourth-order valence-corrected chi connectivity index (χ4v) is 4.50. The standard InChI is InChI=1S/C18H26N2O6S/c21-18(6-10-25-14-16-4-2-9-26-16)19-15-3-1-5-17(13-15)27(22,23)20-7-11-24-12-8-20/h1,3,5,13,16H,2,4,6-12,14H2,(H,19,21). The summed E-state index contributed by atoms with van der Waals surface area (Å²) >= 11 is 0. The molecule has 1 N–H and O–H groups in total. The van der Waals surface area contributed by atoms with Crippen LogP contribution in [-0.4, -0.2) is 70.9 Å². The van der Waals surface area contributed by atoms with Gasteiger partial charge in [0.1, 0.15) is 0 Å². The van der Waals surface area contributed by atoms with Crippen molar-refractivity contribution in [2.75, 3.05) is 51.4 Å². The molecule has 0 aromatic heterocycles. The van der Waals surface area contributed by atoms with Gasteiger partial charge in [-0.1, -0.05) is 6.07 Å². The summed E-state index contributed by atoms with van der Waals surface area (Å²) < 4.78 is 42.9. The molecular formula is C18H26N2O6S. The molecule has 2 fully saturated rings. The predicted octanol–water partition coefficient (Wildman–Crippen LogP) is 1.23. The molecule has 1 atom stereocenters. The maximum atomic E-state index is 12.7. The normalized spacial score (nSPS) is 21.3. The molecule has 2 saturated heterocycles. The number of morpholine rings is 1. The number of anilines is 1. The van der Waals surface area contributed by atoms with E-state index < -0.39 is 10.0 Å². The molecule has 0 spiro atoms. The van der Waals surface area contributed by atoms with Crippen LogP contribution in [0.1, 0.15) is 19.3 Å². The lowest BCUT2D eigenvalue weighted by Crippen LogP contribution is -2.40. The molecule has 0 saturated carbocycles. The van der Waals surface area contributed by atoms with Crippen LogP contribution in [0.5, 0.6) is 0 Å². The van der Waals surface area contributed by atoms with E-state index in [0.29, 0.717) is 45.2 Å². The molecule has 0 bridgehead atoms. The Morgan fingerprint density at radius 2 is 2.07 bits per heavy atom. The Balaban J connectivity index is 1.49. The SMILES string of the molecule is O=C(CCOCC1CCCO1)Nc1cccc(S(=O)(=O)N2CCOCC2)c1. The van der Waals surface area contributed by atoms with Crippen LogP contribution in [0.4, 0.5) is 5.69 Å². The average Bonchev–Trinajstić information content (AvgIpc) is 3.20. The summed E-state index contributed by atoms with van der Waals surface area (Å²) in [6, 6.07) is 6.31. The highest BCUT2D eigenvalue weighted by atomic mass is 32.2. The first-order valence-corrected chi connectivity index (χ1v) is 10.7. The second-order valence-corrected chi connectivity index (χ2v) is 8.49. The van der Waals surface area contributed by atoms with E-state index in [9.17, 15) is 13.2 Å². The number of ether oxygens (including phenoxy) is 3. The Morgan fingerprint density at radius 1 is 1.26 bits per heavy atom. The van der Waals surface area contributed by atoms with Gasteiger partial charge in [-0.3, -0.25) is 4.79 Å². The van der Waals surface area contributed by atoms with Gasteiger partial charge >= 0.3 is 0 Å². The molecule has 150 valence electrons. The van der Waals surface area contributed by atoms with Crippen LogP contribution in [0, 0.1) is 0 Å². The largest absolute Gasteiger partial charge is 0.379 e. The van der Waals surface area contributed by atoms with Crippen molar-refractivity contribution in [2.24, 2.45) is 0 Å². The van der Waals surface area contributed by atoms with E-state index in [1.807, 2.05) is 0 Å². The molecule has 0 radical (unpaired) electrons. The zero-order valence-electron chi connectivity index (χ0n) is 15.3. The number of hydrogen-bond acceptors (Lipinski definition) is 6. The second kappa shape index (κ2) is 9.61. The number of nitrogens with zero attached hydrogens (tertiary/aromatic N) is 1. The van der Waals surface area contributed by atoms with Gasteiger partial charge in [0.25, 0.3) is 0 Å². The average molecular weight is 398 g/mol. The van der Waals surface area contributed by atoms with E-state index >= 15 is 0 Å². The van der Waals surface area contributed by atoms with Crippen molar-refractivity contribution in [3.05, 3.63) is 24.3 Å². The highest BCUT2D eigenvalue weighted by Crippen LogP contribution is 2.20. The van der Waals surface area contributed by atoms with Gasteiger partial charge in [0.2, 0.25) is 15.9 Å². The molecule has 1 amide bonds. The van der Waals surface area contributed by atoms with Crippen molar-refractivity contribution in [1.82, 2.24) is 4.31 Å². The number of amides is 1. The van der Waals surface area contributed by atoms with Crippen LogP contribution in [-0.2, 0) is 29.0 Å². The molecule has 1 aromatic rings. The Hall–Kier alpha value is -1.52. The molecule has 1 aromatic carbocycles. The lowest BCUT2D eigenvalue weighted by Gasteiger charge is -2.26. The minimum absolute atomic E-state index is 0.134. The van der Waals surface area contributed by atoms with Crippen LogP contribution < -0.4 is 5.32 Å². The highest BCUT2D eigenvalue weighted by molar-refractivity contribution is 7.89. The Labute approximate surface area is 159 Å². The second-order valence-electron chi connectivity index (χ2n) is 6.55. The number of rotatable bonds is 8. The topological polar surface area (TPSA) is 94.2 Å². The minimum atomic E-state index is -3.59. The first-order chi connectivity index (χ1) is 13.1. The molecule has 2 aliphatic heterocycles. The van der Waals surface area contributed by atoms with Crippen molar-refractivity contribution < 1.29 is 27.4 Å². The van der Waals surface area contributed by atoms with Crippen LogP contribution >= 0.6 is 0 Å². The third-order valence-electron chi connectivity index (χ3n) is 4.53. The molecule has 8 nitrogen and oxygen atoms in total. The lowest BCUT2D eigenvalue weighted by molar-refractivity contribution is -0.117. The van der Waals surface area contributed by atoms with Crippen molar-refractivity contribution in [1.29, 1.82) is 0 Å². The first kappa shape index (κ1) is 20.2. The molecule has 2 heterocycles. The van der Waals surface area contributed by atoms with Gasteiger partial charge in [-0.25, -0.2) is 8.42 Å². The molecule has 27 heavy (non-hydrogen) atoms. The quantitative estimate of drug-likeness (QED) is 0.662. The summed E-state index contributed by atoms with van der Waals surface area (Å²) in [7, 11) is -3.59. The van der Waals surface area contributed by atoms with Gasteiger partial charge in [-0.05, 0) is 31.0 Å². The van der Waals surface area contributed by atoms with E-state index in [1.54, 1.807) is 12.1 Å². The molecule has 0 aliphatic carbocycles. The van der Waals surface area contributed by atoms with Crippen LogP contribution in [0.2, 0.25) is 0 Å². The van der Waals surface area contributed by atoms with E-state index in [1.165, 1.54) is 16.4 Å². The number of carbonyl (C=O) groups is 1. The lowest BCUT2D eigenvalue weighted by atomic mass is 10.2. The van der Waals surface area contributed by atoms with E-state index in [0.717, 1.165) is 19.4 Å². The summed E-state index contributed by atoms with van der Waals surface area (Å²) in [5.41, 5.74) is 0.452. The van der Waals surface area contributed by atoms with Crippen molar-refractivity contribution in [3.63, 3.8) is 0 Å². The van der Waals surface area contributed by atoms with Gasteiger partial charge < -0.3 is 19.5 Å². The number of benzene rings is 1. The maximum absolute atomic E-state index is 12.7. The smallest absolute Gasteiger partial charge is 0.243 e. The van der Waals surface area contributed by atoms with Crippen molar-refractivity contribution in [3.8, 4) is 0 Å². The van der Waals surface area contributed by atoms with Gasteiger partial charge in [0, 0.05) is 25.4 Å². The summed E-state index contributed by atoms with van der Waals surface area (Å²) in [6.07, 6.45) is 2.39. The summed E-state index contributed by atoms with van der Waals surface area (Å²) in [4.78, 5) is 12.2. The Bertz CT molecular complexity index is 727. The number of sulfonamides is 1. The summed E-state index contributed by atoms with van der Waals surface area (Å²) in [5, 5.41) is 2.73. The third kappa shape index (κ3) is 5.73. The van der Waals surface area contributed by atoms with Crippen LogP contribution in [0.3, 0.4) is 0 Å². The third-order valence-corrected chi connectivity index (χ3v) is 6.42. The molecule has 2 aliphatic rings. The van der Waals surface area contributed by atoms with Crippen molar-refractivity contribution in [2.45, 2.75) is 30.3 Å². The molecule has 1 unspecified atom stereocenters. The monoisotopic (exact) mass is 398 g/mol. The van der Waals surface area contributed by atoms with Crippen LogP contribution in [0.15, 0.2) is 29.2 Å². The predicted molar refractivity (Wildman–Crippen MR) is 99.1 cm³/mol. The Morgan fingerprint density at radius 3 is 2.81 bits per heavy atom. The fraction of sp³-hybridized carbons (Fsp3) is 0.611. The maximum Gasteiger partial charge on any atom is 0.243 e. The fourth-order valence-electron chi connectivity index (χ4n) is 3.05. The zero-order valence-corrected chi connectivity index (χ0v) is 16.1. The zero-order chi connectivity index (χ0) is 19.1. The molecule has 3 rings (SSSR count). The first-order valence-electron chi connectivity index (χ1n) is 9.23. The van der Waals surface area contributed by atoms with E-state index in [4.69, 9.17) is 14.2 Å². The number of nitrogens with one attached hydrogen (secondary N) is 1. The Kier molecular flexibility index (Phi) is 7.20. The molecular weight excluding hydrogens is 372 g/mol. The minimum Gasteiger partial charge on any atom is -0.379 e. The van der Waals surface area contributed by atoms with Crippen molar-refractivity contribution >= 4 is 21.6 Å². The van der Waals surface area contributed by atoms with E-state index in [2.05, 4.69) is 5.32 Å². The van der Waals surface area contributed by atoms with Gasteiger partial charge in [-0.15, -0.1) is 0 Å². The van der Waals surface area contributed by atoms with E-state index in [-0.39, 0.29) is 23.3 Å². The number of hydrogen-bond donors (Lipinski definition) is 1. The van der Waals surface area contributed by atoms with Gasteiger partial charge in [0.05, 0.1) is 43.8 Å². The van der Waals surface area contributed by atoms with Gasteiger partial charge in [0.15, 0.2) is 0 Å².